The molecule has 0 unspecified atom stereocenters. The SMILES string of the molecule is Cc1nc(NC(=O)c2ccn[nH]2)sc1-c1nc2ccccc2n1C(F)F. The predicted octanol–water partition coefficient (Wildman–Crippen LogP) is 3.84. The van der Waals surface area contributed by atoms with Crippen molar-refractivity contribution in [1.82, 2.24) is 24.7 Å². The molecule has 0 spiro atoms. The van der Waals surface area contributed by atoms with Crippen molar-refractivity contribution in [2.45, 2.75) is 13.5 Å². The number of fused-ring (bicyclic) bond motifs is 1. The number of hydrogen-bond donors (Lipinski definition) is 2. The van der Waals surface area contributed by atoms with Gasteiger partial charge in [-0.15, -0.1) is 0 Å². The number of H-pyrrole nitrogens is 1. The molecule has 0 atom stereocenters. The van der Waals surface area contributed by atoms with Gasteiger partial charge in [0.1, 0.15) is 5.69 Å². The van der Waals surface area contributed by atoms with Crippen molar-refractivity contribution in [2.24, 2.45) is 0 Å². The van der Waals surface area contributed by atoms with E-state index in [1.54, 1.807) is 31.2 Å². The molecule has 4 aromatic rings. The van der Waals surface area contributed by atoms with Gasteiger partial charge in [-0.2, -0.15) is 13.9 Å². The molecule has 3 heterocycles. The van der Waals surface area contributed by atoms with Crippen LogP contribution in [0.25, 0.3) is 21.7 Å². The number of anilines is 1. The minimum atomic E-state index is -2.75. The first kappa shape index (κ1) is 16.3. The second-order valence-electron chi connectivity index (χ2n) is 5.43. The van der Waals surface area contributed by atoms with Gasteiger partial charge in [0.05, 0.1) is 21.6 Å². The number of para-hydroxylation sites is 2. The zero-order valence-corrected chi connectivity index (χ0v) is 14.2. The maximum atomic E-state index is 13.6. The van der Waals surface area contributed by atoms with Gasteiger partial charge in [-0.3, -0.25) is 19.8 Å². The predicted molar refractivity (Wildman–Crippen MR) is 93.4 cm³/mol. The highest BCUT2D eigenvalue weighted by Crippen LogP contribution is 2.36. The molecular formula is C16H12F2N6OS. The maximum Gasteiger partial charge on any atom is 0.320 e. The van der Waals surface area contributed by atoms with Crippen LogP contribution in [-0.2, 0) is 0 Å². The van der Waals surface area contributed by atoms with Crippen LogP contribution in [0, 0.1) is 6.92 Å². The van der Waals surface area contributed by atoms with Crippen molar-refractivity contribution in [1.29, 1.82) is 0 Å². The Morgan fingerprint density at radius 3 is 2.81 bits per heavy atom. The van der Waals surface area contributed by atoms with Crippen LogP contribution >= 0.6 is 11.3 Å². The largest absolute Gasteiger partial charge is 0.320 e. The molecule has 10 heteroatoms. The van der Waals surface area contributed by atoms with Gasteiger partial charge < -0.3 is 0 Å². The van der Waals surface area contributed by atoms with Crippen molar-refractivity contribution >= 4 is 33.4 Å². The summed E-state index contributed by atoms with van der Waals surface area (Å²) in [5.41, 5.74) is 1.60. The van der Waals surface area contributed by atoms with Gasteiger partial charge in [-0.05, 0) is 25.1 Å². The highest BCUT2D eigenvalue weighted by atomic mass is 32.1. The van der Waals surface area contributed by atoms with Gasteiger partial charge >= 0.3 is 6.55 Å². The number of thiazole rings is 1. The molecule has 0 aliphatic heterocycles. The van der Waals surface area contributed by atoms with E-state index in [1.165, 1.54) is 12.3 Å². The van der Waals surface area contributed by atoms with Crippen molar-refractivity contribution in [2.75, 3.05) is 5.32 Å². The number of aromatic nitrogens is 5. The fraction of sp³-hybridized carbons (Fsp3) is 0.125. The number of alkyl halides is 2. The third-order valence-electron chi connectivity index (χ3n) is 3.76. The minimum absolute atomic E-state index is 0.123. The molecule has 0 aliphatic carbocycles. The molecule has 0 radical (unpaired) electrons. The zero-order chi connectivity index (χ0) is 18.3. The molecule has 3 aromatic heterocycles. The topological polar surface area (TPSA) is 88.5 Å². The van der Waals surface area contributed by atoms with E-state index < -0.39 is 12.5 Å². The van der Waals surface area contributed by atoms with Gasteiger partial charge in [-0.1, -0.05) is 23.5 Å². The Morgan fingerprint density at radius 2 is 2.08 bits per heavy atom. The van der Waals surface area contributed by atoms with Crippen LogP contribution in [0.2, 0.25) is 0 Å². The first-order chi connectivity index (χ1) is 12.5. The zero-order valence-electron chi connectivity index (χ0n) is 13.4. The second-order valence-corrected chi connectivity index (χ2v) is 6.43. The molecule has 0 saturated carbocycles. The number of imidazole rings is 1. The maximum absolute atomic E-state index is 13.6. The number of benzene rings is 1. The van der Waals surface area contributed by atoms with Gasteiger partial charge in [0, 0.05) is 6.20 Å². The molecule has 2 N–H and O–H groups in total. The Kier molecular flexibility index (Phi) is 3.96. The lowest BCUT2D eigenvalue weighted by Gasteiger charge is -2.06. The summed E-state index contributed by atoms with van der Waals surface area (Å²) < 4.78 is 28.1. The van der Waals surface area contributed by atoms with Crippen LogP contribution in [0.4, 0.5) is 13.9 Å². The normalized spacial score (nSPS) is 11.4. The number of amides is 1. The number of hydrogen-bond acceptors (Lipinski definition) is 5. The van der Waals surface area contributed by atoms with Crippen molar-refractivity contribution in [3.05, 3.63) is 47.9 Å². The number of halogens is 2. The van der Waals surface area contributed by atoms with Crippen LogP contribution < -0.4 is 5.32 Å². The Bertz CT molecular complexity index is 1090. The van der Waals surface area contributed by atoms with E-state index >= 15 is 0 Å². The number of carbonyl (C=O) groups is 1. The Morgan fingerprint density at radius 1 is 1.27 bits per heavy atom. The molecule has 0 aliphatic rings. The molecule has 26 heavy (non-hydrogen) atoms. The molecule has 7 nitrogen and oxygen atoms in total. The highest BCUT2D eigenvalue weighted by molar-refractivity contribution is 7.19. The molecule has 0 saturated heterocycles. The molecule has 132 valence electrons. The van der Waals surface area contributed by atoms with E-state index in [2.05, 4.69) is 25.5 Å². The average molecular weight is 374 g/mol. The van der Waals surface area contributed by atoms with E-state index in [4.69, 9.17) is 0 Å². The summed E-state index contributed by atoms with van der Waals surface area (Å²) in [5.74, 6) is -0.289. The number of carbonyl (C=O) groups excluding carboxylic acids is 1. The smallest absolute Gasteiger partial charge is 0.296 e. The quantitative estimate of drug-likeness (QED) is 0.568. The fourth-order valence-electron chi connectivity index (χ4n) is 2.61. The van der Waals surface area contributed by atoms with Gasteiger partial charge in [0.15, 0.2) is 11.0 Å². The summed E-state index contributed by atoms with van der Waals surface area (Å²) in [6, 6.07) is 8.21. The summed E-state index contributed by atoms with van der Waals surface area (Å²) in [7, 11) is 0. The number of aryl methyl sites for hydroxylation is 1. The number of nitrogens with zero attached hydrogens (tertiary/aromatic N) is 4. The fourth-order valence-corrected chi connectivity index (χ4v) is 3.55. The van der Waals surface area contributed by atoms with E-state index in [-0.39, 0.29) is 11.5 Å². The standard InChI is InChI=1S/C16H12F2N6OS/c1-8-12(26-16(20-8)22-14(25)10-6-7-19-23-10)13-21-9-4-2-3-5-11(9)24(13)15(17)18/h2-7,15H,1H3,(H,19,23)(H,20,22,25). The van der Waals surface area contributed by atoms with Crippen molar-refractivity contribution in [3.8, 4) is 10.7 Å². The van der Waals surface area contributed by atoms with E-state index in [1.807, 2.05) is 0 Å². The van der Waals surface area contributed by atoms with Gasteiger partial charge in [-0.25, -0.2) is 9.97 Å². The molecule has 4 rings (SSSR count). The number of aromatic amines is 1. The lowest BCUT2D eigenvalue weighted by Crippen LogP contribution is -2.12. The van der Waals surface area contributed by atoms with E-state index in [9.17, 15) is 13.6 Å². The summed E-state index contributed by atoms with van der Waals surface area (Å²) in [4.78, 5) is 21.2. The van der Waals surface area contributed by atoms with Crippen LogP contribution in [0.3, 0.4) is 0 Å². The molecule has 1 amide bonds. The lowest BCUT2D eigenvalue weighted by molar-refractivity contribution is 0.0764. The van der Waals surface area contributed by atoms with E-state index in [0.717, 1.165) is 15.9 Å². The van der Waals surface area contributed by atoms with Crippen LogP contribution in [-0.4, -0.2) is 30.6 Å². The first-order valence-corrected chi connectivity index (χ1v) is 8.40. The monoisotopic (exact) mass is 374 g/mol. The van der Waals surface area contributed by atoms with Crippen LogP contribution in [0.1, 0.15) is 22.7 Å². The van der Waals surface area contributed by atoms with Gasteiger partial charge in [0.25, 0.3) is 5.91 Å². The van der Waals surface area contributed by atoms with Crippen molar-refractivity contribution in [3.63, 3.8) is 0 Å². The molecule has 0 fully saturated rings. The summed E-state index contributed by atoms with van der Waals surface area (Å²) >= 11 is 1.09. The Labute approximate surface area is 149 Å². The van der Waals surface area contributed by atoms with Gasteiger partial charge in [0.2, 0.25) is 0 Å². The summed E-state index contributed by atoms with van der Waals surface area (Å²) in [5, 5.41) is 9.19. The summed E-state index contributed by atoms with van der Waals surface area (Å²) in [6.45, 7) is -1.06. The average Bonchev–Trinajstić information content (AvgIpc) is 3.32. The Hall–Kier alpha value is -3.14. The summed E-state index contributed by atoms with van der Waals surface area (Å²) in [6.07, 6.45) is 1.46. The molecule has 1 aromatic carbocycles. The Balaban J connectivity index is 1.75. The van der Waals surface area contributed by atoms with Crippen LogP contribution in [0.15, 0.2) is 36.5 Å². The first-order valence-electron chi connectivity index (χ1n) is 7.58. The molecular weight excluding hydrogens is 362 g/mol. The number of nitrogens with one attached hydrogen (secondary N) is 2. The van der Waals surface area contributed by atoms with Crippen molar-refractivity contribution < 1.29 is 13.6 Å². The van der Waals surface area contributed by atoms with E-state index in [0.29, 0.717) is 26.7 Å². The number of rotatable bonds is 4. The minimum Gasteiger partial charge on any atom is -0.296 e. The third-order valence-corrected chi connectivity index (χ3v) is 4.83. The second kappa shape index (κ2) is 6.30. The van der Waals surface area contributed by atoms with Crippen LogP contribution in [0.5, 0.6) is 0 Å². The third kappa shape index (κ3) is 2.73. The lowest BCUT2D eigenvalue weighted by atomic mass is 10.3. The highest BCUT2D eigenvalue weighted by Gasteiger charge is 2.23. The molecule has 0 bridgehead atoms.